The number of aromatic carboxylic acids is 1. The molecule has 1 saturated heterocycles. The predicted octanol–water partition coefficient (Wildman–Crippen LogP) is 6.10. The van der Waals surface area contributed by atoms with Gasteiger partial charge in [-0.2, -0.15) is 4.31 Å². The Bertz CT molecular complexity index is 1530. The highest BCUT2D eigenvalue weighted by Crippen LogP contribution is 2.42. The minimum Gasteiger partial charge on any atom is -0.477 e. The number of piperazine rings is 1. The largest absolute Gasteiger partial charge is 0.477 e. The third-order valence-corrected chi connectivity index (χ3v) is 11.1. The minimum absolute atomic E-state index is 0.0533. The molecular formula is C31H37N3O5S2. The number of nitrogens with zero attached hydrogens (tertiary/aromatic N) is 3. The maximum Gasteiger partial charge on any atom is 0.348 e. The predicted molar refractivity (Wildman–Crippen MR) is 161 cm³/mol. The van der Waals surface area contributed by atoms with E-state index in [9.17, 15) is 23.1 Å². The fourth-order valence-corrected chi connectivity index (χ4v) is 8.19. The summed E-state index contributed by atoms with van der Waals surface area (Å²) in [5.74, 6) is -1.44. The summed E-state index contributed by atoms with van der Waals surface area (Å²) in [7, 11) is -3.99. The van der Waals surface area contributed by atoms with Crippen LogP contribution in [0.3, 0.4) is 0 Å². The maximum absolute atomic E-state index is 13.9. The molecule has 41 heavy (non-hydrogen) atoms. The smallest absolute Gasteiger partial charge is 0.348 e. The molecule has 2 aliphatic rings. The van der Waals surface area contributed by atoms with Gasteiger partial charge < -0.3 is 10.0 Å². The van der Waals surface area contributed by atoms with Crippen LogP contribution in [-0.2, 0) is 20.2 Å². The lowest BCUT2D eigenvalue weighted by atomic mass is 9.82. The molecule has 1 aliphatic heterocycles. The van der Waals surface area contributed by atoms with E-state index in [-0.39, 0.29) is 34.2 Å². The van der Waals surface area contributed by atoms with E-state index in [0.29, 0.717) is 5.69 Å². The van der Waals surface area contributed by atoms with Crippen LogP contribution >= 0.6 is 11.3 Å². The van der Waals surface area contributed by atoms with Crippen molar-refractivity contribution < 1.29 is 23.1 Å². The minimum atomic E-state index is -3.99. The van der Waals surface area contributed by atoms with Crippen LogP contribution in [0, 0.1) is 12.8 Å². The fourth-order valence-electron chi connectivity index (χ4n) is 5.84. The molecule has 1 aromatic carbocycles. The third-order valence-electron chi connectivity index (χ3n) is 8.14. The molecule has 1 unspecified atom stereocenters. The number of carbonyl (C=O) groups excluding carboxylic acids is 1. The van der Waals surface area contributed by atoms with E-state index >= 15 is 0 Å². The van der Waals surface area contributed by atoms with E-state index in [2.05, 4.69) is 4.98 Å². The Balaban J connectivity index is 1.53. The topological polar surface area (TPSA) is 108 Å². The molecular weight excluding hydrogens is 558 g/mol. The SMILES string of the molecule is Cc1ccc(-c2cc(N3C(=O)CN(S(=O)(=O)c4ccc(C(C)(C)C)nc4)CC3C3CCCCC3)c(C(=O)O)s2)cc1. The Morgan fingerprint density at radius 1 is 1.05 bits per heavy atom. The summed E-state index contributed by atoms with van der Waals surface area (Å²) in [6.07, 6.45) is 6.19. The van der Waals surface area contributed by atoms with E-state index < -0.39 is 27.9 Å². The molecule has 2 fully saturated rings. The van der Waals surface area contributed by atoms with Crippen LogP contribution in [0.15, 0.2) is 53.6 Å². The van der Waals surface area contributed by atoms with Crippen LogP contribution in [0.4, 0.5) is 5.69 Å². The van der Waals surface area contributed by atoms with Gasteiger partial charge in [0, 0.05) is 28.7 Å². The van der Waals surface area contributed by atoms with Crippen LogP contribution in [0.2, 0.25) is 0 Å². The van der Waals surface area contributed by atoms with Gasteiger partial charge in [-0.05, 0) is 49.4 Å². The first-order valence-corrected chi connectivity index (χ1v) is 16.3. The second kappa shape index (κ2) is 11.3. The van der Waals surface area contributed by atoms with Crippen molar-refractivity contribution in [3.8, 4) is 10.4 Å². The van der Waals surface area contributed by atoms with Crippen LogP contribution in [0.25, 0.3) is 10.4 Å². The molecule has 0 bridgehead atoms. The number of benzene rings is 1. The average molecular weight is 596 g/mol. The van der Waals surface area contributed by atoms with Crippen molar-refractivity contribution in [3.05, 3.63) is 64.8 Å². The van der Waals surface area contributed by atoms with Gasteiger partial charge in [0.25, 0.3) is 0 Å². The molecule has 2 aromatic heterocycles. The van der Waals surface area contributed by atoms with E-state index in [1.54, 1.807) is 23.1 Å². The van der Waals surface area contributed by atoms with Gasteiger partial charge in [-0.3, -0.25) is 9.78 Å². The first kappa shape index (κ1) is 29.4. The Morgan fingerprint density at radius 2 is 1.73 bits per heavy atom. The lowest BCUT2D eigenvalue weighted by Crippen LogP contribution is -2.60. The van der Waals surface area contributed by atoms with Crippen LogP contribution in [0.1, 0.15) is 73.8 Å². The van der Waals surface area contributed by atoms with Crippen molar-refractivity contribution in [2.75, 3.05) is 18.0 Å². The molecule has 3 heterocycles. The molecule has 1 atom stereocenters. The van der Waals surface area contributed by atoms with Crippen LogP contribution in [0.5, 0.6) is 0 Å². The normalized spacial score (nSPS) is 19.5. The fraction of sp³-hybridized carbons (Fsp3) is 0.452. The summed E-state index contributed by atoms with van der Waals surface area (Å²) in [4.78, 5) is 33.2. The number of carboxylic acids is 1. The number of thiophene rings is 1. The van der Waals surface area contributed by atoms with Crippen molar-refractivity contribution in [1.29, 1.82) is 0 Å². The van der Waals surface area contributed by atoms with Gasteiger partial charge in [-0.1, -0.05) is 69.9 Å². The van der Waals surface area contributed by atoms with Gasteiger partial charge in [0.2, 0.25) is 15.9 Å². The molecule has 1 aliphatic carbocycles. The van der Waals surface area contributed by atoms with Crippen molar-refractivity contribution in [1.82, 2.24) is 9.29 Å². The first-order valence-electron chi connectivity index (χ1n) is 14.1. The zero-order valence-corrected chi connectivity index (χ0v) is 25.6. The Hall–Kier alpha value is -3.08. The van der Waals surface area contributed by atoms with Crippen molar-refractivity contribution in [2.24, 2.45) is 5.92 Å². The first-order chi connectivity index (χ1) is 19.4. The van der Waals surface area contributed by atoms with Gasteiger partial charge in [0.15, 0.2) is 0 Å². The number of amides is 1. The monoisotopic (exact) mass is 595 g/mol. The highest BCUT2D eigenvalue weighted by molar-refractivity contribution is 7.89. The number of sulfonamides is 1. The summed E-state index contributed by atoms with van der Waals surface area (Å²) in [6, 6.07) is 12.4. The molecule has 0 radical (unpaired) electrons. The van der Waals surface area contributed by atoms with E-state index in [0.717, 1.165) is 65.1 Å². The zero-order chi connectivity index (χ0) is 29.5. The van der Waals surface area contributed by atoms with Gasteiger partial charge in [-0.25, -0.2) is 13.2 Å². The summed E-state index contributed by atoms with van der Waals surface area (Å²) >= 11 is 1.14. The molecule has 0 spiro atoms. The van der Waals surface area contributed by atoms with Gasteiger partial charge >= 0.3 is 5.97 Å². The number of carbonyl (C=O) groups is 2. The van der Waals surface area contributed by atoms with Gasteiger partial charge in [-0.15, -0.1) is 11.3 Å². The molecule has 10 heteroatoms. The average Bonchev–Trinajstić information content (AvgIpc) is 3.38. The standard InChI is InChI=1S/C31H37N3O5S2/c1-20-10-12-22(13-11-20)26-16-24(29(40-26)30(36)37)34-25(21-8-6-5-7-9-21)18-33(19-28(34)35)41(38,39)23-14-15-27(32-17-23)31(2,3)4/h10-17,21,25H,5-9,18-19H2,1-4H3,(H,36,37). The van der Waals surface area contributed by atoms with Crippen molar-refractivity contribution in [2.45, 2.75) is 76.2 Å². The summed E-state index contributed by atoms with van der Waals surface area (Å²) in [5.41, 5.74) is 2.88. The Labute approximate surface area is 246 Å². The van der Waals surface area contributed by atoms with Crippen molar-refractivity contribution in [3.63, 3.8) is 0 Å². The molecule has 1 N–H and O–H groups in total. The molecule has 218 valence electrons. The number of aryl methyl sites for hydroxylation is 1. The number of aromatic nitrogens is 1. The van der Waals surface area contributed by atoms with Gasteiger partial charge in [0.05, 0.1) is 18.3 Å². The maximum atomic E-state index is 13.9. The molecule has 5 rings (SSSR count). The van der Waals surface area contributed by atoms with Crippen molar-refractivity contribution >= 4 is 38.9 Å². The third kappa shape index (κ3) is 5.96. The summed E-state index contributed by atoms with van der Waals surface area (Å²) in [6.45, 7) is 7.76. The second-order valence-electron chi connectivity index (χ2n) is 12.2. The molecule has 1 saturated carbocycles. The number of carboxylic acid groups (broad SMARTS) is 1. The Morgan fingerprint density at radius 3 is 2.32 bits per heavy atom. The quantitative estimate of drug-likeness (QED) is 0.369. The Kier molecular flexibility index (Phi) is 8.11. The van der Waals surface area contributed by atoms with Crippen LogP contribution < -0.4 is 4.90 Å². The van der Waals surface area contributed by atoms with Gasteiger partial charge in [0.1, 0.15) is 9.77 Å². The van der Waals surface area contributed by atoms with Crippen LogP contribution in [-0.4, -0.2) is 53.8 Å². The number of hydrogen-bond donors (Lipinski definition) is 1. The van der Waals surface area contributed by atoms with E-state index in [1.165, 1.54) is 10.5 Å². The number of rotatable bonds is 6. The molecule has 3 aromatic rings. The second-order valence-corrected chi connectivity index (χ2v) is 15.1. The molecule has 1 amide bonds. The highest BCUT2D eigenvalue weighted by atomic mass is 32.2. The molecule has 8 nitrogen and oxygen atoms in total. The summed E-state index contributed by atoms with van der Waals surface area (Å²) < 4.78 is 28.8. The highest BCUT2D eigenvalue weighted by Gasteiger charge is 2.44. The number of anilines is 1. The zero-order valence-electron chi connectivity index (χ0n) is 24.0. The number of pyridine rings is 1. The van der Waals surface area contributed by atoms with E-state index in [1.807, 2.05) is 52.0 Å². The lowest BCUT2D eigenvalue weighted by molar-refractivity contribution is -0.121. The summed E-state index contributed by atoms with van der Waals surface area (Å²) in [5, 5.41) is 10.2. The number of hydrogen-bond acceptors (Lipinski definition) is 6. The lowest BCUT2D eigenvalue weighted by Gasteiger charge is -2.44. The van der Waals surface area contributed by atoms with E-state index in [4.69, 9.17) is 0 Å².